The highest BCUT2D eigenvalue weighted by molar-refractivity contribution is 5.89. The molecule has 0 unspecified atom stereocenters. The lowest BCUT2D eigenvalue weighted by atomic mass is 10.1. The molecule has 0 aliphatic carbocycles. The summed E-state index contributed by atoms with van der Waals surface area (Å²) < 4.78 is 0. The molecule has 0 radical (unpaired) electrons. The predicted molar refractivity (Wildman–Crippen MR) is 81.4 cm³/mol. The predicted octanol–water partition coefficient (Wildman–Crippen LogP) is 3.93. The number of aliphatic carboxylic acids is 1. The van der Waals surface area contributed by atoms with Crippen LogP contribution >= 0.6 is 0 Å². The topological polar surface area (TPSA) is 49.7 Å². The highest BCUT2D eigenvalue weighted by Gasteiger charge is 1.98. The highest BCUT2D eigenvalue weighted by Crippen LogP contribution is 2.18. The molecule has 1 N–H and O–H groups in total. The van der Waals surface area contributed by atoms with Crippen molar-refractivity contribution in [1.82, 2.24) is 0 Å². The van der Waals surface area contributed by atoms with Crippen LogP contribution in [0, 0.1) is 0 Å². The van der Waals surface area contributed by atoms with Crippen LogP contribution in [0.4, 0.5) is 5.69 Å². The van der Waals surface area contributed by atoms with E-state index in [1.54, 1.807) is 13.1 Å². The molecule has 0 aliphatic rings. The molecular formula is C17H15NO2. The van der Waals surface area contributed by atoms with Gasteiger partial charge >= 0.3 is 5.97 Å². The fourth-order valence-electron chi connectivity index (χ4n) is 1.77. The maximum atomic E-state index is 10.6. The fraction of sp³-hybridized carbons (Fsp3) is 0.0588. The van der Waals surface area contributed by atoms with Crippen molar-refractivity contribution in [3.63, 3.8) is 0 Å². The molecule has 2 rings (SSSR count). The number of allylic oxidation sites excluding steroid dienone is 1. The van der Waals surface area contributed by atoms with Gasteiger partial charge in [0.15, 0.2) is 0 Å². The molecule has 0 fully saturated rings. The standard InChI is InChI=1S/C17H15NO2/c1-13(11-17(19)20)15-7-9-16(10-8-15)18-12-14-5-3-2-4-6-14/h2-12H,1H3,(H,19,20). The number of carboxylic acid groups (broad SMARTS) is 1. The Hall–Kier alpha value is -2.68. The summed E-state index contributed by atoms with van der Waals surface area (Å²) in [5, 5.41) is 8.71. The normalized spacial score (nSPS) is 11.8. The van der Waals surface area contributed by atoms with E-state index in [1.807, 2.05) is 54.6 Å². The number of carbonyl (C=O) groups is 1. The summed E-state index contributed by atoms with van der Waals surface area (Å²) in [6, 6.07) is 17.3. The van der Waals surface area contributed by atoms with Crippen molar-refractivity contribution < 1.29 is 9.90 Å². The number of aliphatic imine (C=N–C) groups is 1. The monoisotopic (exact) mass is 265 g/mol. The van der Waals surface area contributed by atoms with E-state index in [4.69, 9.17) is 5.11 Å². The van der Waals surface area contributed by atoms with Gasteiger partial charge in [0.2, 0.25) is 0 Å². The third-order valence-corrected chi connectivity index (χ3v) is 2.82. The number of nitrogens with zero attached hydrogens (tertiary/aromatic N) is 1. The van der Waals surface area contributed by atoms with E-state index >= 15 is 0 Å². The molecule has 0 heterocycles. The molecule has 0 saturated heterocycles. The quantitative estimate of drug-likeness (QED) is 0.672. The molecule has 3 heteroatoms. The SMILES string of the molecule is CC(=CC(=O)O)c1ccc(N=Cc2ccccc2)cc1. The van der Waals surface area contributed by atoms with E-state index in [0.717, 1.165) is 22.4 Å². The van der Waals surface area contributed by atoms with Crippen LogP contribution in [0.3, 0.4) is 0 Å². The summed E-state index contributed by atoms with van der Waals surface area (Å²) in [5.74, 6) is -0.936. The summed E-state index contributed by atoms with van der Waals surface area (Å²) in [7, 11) is 0. The molecule has 0 aliphatic heterocycles. The minimum Gasteiger partial charge on any atom is -0.478 e. The summed E-state index contributed by atoms with van der Waals surface area (Å²) in [4.78, 5) is 15.0. The second-order valence-corrected chi connectivity index (χ2v) is 4.38. The number of hydrogen-bond acceptors (Lipinski definition) is 2. The Morgan fingerprint density at radius 2 is 1.70 bits per heavy atom. The third-order valence-electron chi connectivity index (χ3n) is 2.82. The zero-order valence-electron chi connectivity index (χ0n) is 11.2. The van der Waals surface area contributed by atoms with Crippen LogP contribution < -0.4 is 0 Å². The second-order valence-electron chi connectivity index (χ2n) is 4.38. The Balaban J connectivity index is 2.13. The first kappa shape index (κ1) is 13.7. The molecule has 100 valence electrons. The first-order valence-corrected chi connectivity index (χ1v) is 6.26. The van der Waals surface area contributed by atoms with Crippen LogP contribution in [0.15, 0.2) is 65.7 Å². The minimum absolute atomic E-state index is 0.719. The van der Waals surface area contributed by atoms with Crippen molar-refractivity contribution in [1.29, 1.82) is 0 Å². The number of rotatable bonds is 4. The van der Waals surface area contributed by atoms with Crippen molar-refractivity contribution in [2.24, 2.45) is 4.99 Å². The largest absolute Gasteiger partial charge is 0.478 e. The minimum atomic E-state index is -0.936. The Morgan fingerprint density at radius 1 is 1.05 bits per heavy atom. The van der Waals surface area contributed by atoms with Crippen LogP contribution in [-0.4, -0.2) is 17.3 Å². The summed E-state index contributed by atoms with van der Waals surface area (Å²) in [5.41, 5.74) is 3.47. The summed E-state index contributed by atoms with van der Waals surface area (Å²) in [6.07, 6.45) is 3.00. The van der Waals surface area contributed by atoms with Gasteiger partial charge in [0, 0.05) is 12.3 Å². The first-order valence-electron chi connectivity index (χ1n) is 6.26. The van der Waals surface area contributed by atoms with Gasteiger partial charge in [0.05, 0.1) is 5.69 Å². The van der Waals surface area contributed by atoms with Gasteiger partial charge in [-0.25, -0.2) is 4.79 Å². The smallest absolute Gasteiger partial charge is 0.328 e. The summed E-state index contributed by atoms with van der Waals surface area (Å²) >= 11 is 0. The van der Waals surface area contributed by atoms with E-state index in [9.17, 15) is 4.79 Å². The molecule has 0 atom stereocenters. The Morgan fingerprint density at radius 3 is 2.30 bits per heavy atom. The number of carboxylic acids is 1. The number of benzene rings is 2. The molecule has 2 aromatic carbocycles. The van der Waals surface area contributed by atoms with E-state index in [-0.39, 0.29) is 0 Å². The van der Waals surface area contributed by atoms with E-state index < -0.39 is 5.97 Å². The van der Waals surface area contributed by atoms with Gasteiger partial charge in [-0.3, -0.25) is 4.99 Å². The molecule has 20 heavy (non-hydrogen) atoms. The van der Waals surface area contributed by atoms with Crippen LogP contribution in [0.1, 0.15) is 18.1 Å². The zero-order valence-corrected chi connectivity index (χ0v) is 11.2. The average Bonchev–Trinajstić information content (AvgIpc) is 2.46. The molecule has 3 nitrogen and oxygen atoms in total. The van der Waals surface area contributed by atoms with Crippen molar-refractivity contribution in [3.05, 3.63) is 71.8 Å². The Kier molecular flexibility index (Phi) is 4.45. The molecular weight excluding hydrogens is 250 g/mol. The van der Waals surface area contributed by atoms with Gasteiger partial charge in [-0.2, -0.15) is 0 Å². The van der Waals surface area contributed by atoms with E-state index in [2.05, 4.69) is 4.99 Å². The van der Waals surface area contributed by atoms with Gasteiger partial charge in [-0.05, 0) is 35.8 Å². The zero-order chi connectivity index (χ0) is 14.4. The lowest BCUT2D eigenvalue weighted by molar-refractivity contribution is -0.131. The maximum Gasteiger partial charge on any atom is 0.328 e. The molecule has 2 aromatic rings. The van der Waals surface area contributed by atoms with E-state index in [1.165, 1.54) is 6.08 Å². The van der Waals surface area contributed by atoms with Gasteiger partial charge in [-0.15, -0.1) is 0 Å². The summed E-state index contributed by atoms with van der Waals surface area (Å²) in [6.45, 7) is 1.77. The van der Waals surface area contributed by atoms with Crippen LogP contribution in [0.25, 0.3) is 5.57 Å². The Labute approximate surface area is 117 Å². The average molecular weight is 265 g/mol. The maximum absolute atomic E-state index is 10.6. The van der Waals surface area contributed by atoms with Crippen LogP contribution in [0.2, 0.25) is 0 Å². The third kappa shape index (κ3) is 3.92. The van der Waals surface area contributed by atoms with Crippen LogP contribution in [-0.2, 0) is 4.79 Å². The molecule has 0 amide bonds. The van der Waals surface area contributed by atoms with Crippen molar-refractivity contribution in [2.75, 3.05) is 0 Å². The lowest BCUT2D eigenvalue weighted by Crippen LogP contribution is -1.89. The molecule has 0 saturated carbocycles. The van der Waals surface area contributed by atoms with Gasteiger partial charge in [-0.1, -0.05) is 42.5 Å². The van der Waals surface area contributed by atoms with Crippen molar-refractivity contribution >= 4 is 23.4 Å². The number of hydrogen-bond donors (Lipinski definition) is 1. The molecule has 0 bridgehead atoms. The van der Waals surface area contributed by atoms with Crippen molar-refractivity contribution in [2.45, 2.75) is 6.92 Å². The second kappa shape index (κ2) is 6.48. The van der Waals surface area contributed by atoms with Crippen molar-refractivity contribution in [3.8, 4) is 0 Å². The van der Waals surface area contributed by atoms with Gasteiger partial charge in [0.1, 0.15) is 0 Å². The first-order chi connectivity index (χ1) is 9.65. The lowest BCUT2D eigenvalue weighted by Gasteiger charge is -2.01. The van der Waals surface area contributed by atoms with E-state index in [0.29, 0.717) is 0 Å². The van der Waals surface area contributed by atoms with Crippen LogP contribution in [0.5, 0.6) is 0 Å². The molecule has 0 aromatic heterocycles. The molecule has 0 spiro atoms. The van der Waals surface area contributed by atoms with Gasteiger partial charge < -0.3 is 5.11 Å². The fourth-order valence-corrected chi connectivity index (χ4v) is 1.77. The Bertz CT molecular complexity index is 640. The highest BCUT2D eigenvalue weighted by atomic mass is 16.4. The van der Waals surface area contributed by atoms with Gasteiger partial charge in [0.25, 0.3) is 0 Å².